The number of Topliss-reactive ketones (excluding diaryl/α,β-unsaturated/α-hetero) is 1. The van der Waals surface area contributed by atoms with Gasteiger partial charge in [-0.05, 0) is 81.8 Å². The van der Waals surface area contributed by atoms with Crippen molar-refractivity contribution in [3.05, 3.63) is 29.8 Å². The summed E-state index contributed by atoms with van der Waals surface area (Å²) in [7, 11) is -4.62. The van der Waals surface area contributed by atoms with Crippen LogP contribution in [0.25, 0.3) is 0 Å². The second kappa shape index (κ2) is 7.83. The third-order valence-electron chi connectivity index (χ3n) is 8.30. The number of nitrogens with two attached hydrogens (primary N) is 1. The molecule has 6 nitrogen and oxygen atoms in total. The molecule has 182 valence electrons. The van der Waals surface area contributed by atoms with Crippen molar-refractivity contribution in [3.8, 4) is 0 Å². The molecule has 1 amide bonds. The average molecular weight is 483 g/mol. The lowest BCUT2D eigenvalue weighted by atomic mass is 9.43. The van der Waals surface area contributed by atoms with Crippen molar-refractivity contribution in [1.29, 1.82) is 0 Å². The minimum absolute atomic E-state index is 0.119. The smallest absolute Gasteiger partial charge is 0.249 e. The minimum atomic E-state index is -4.62. The van der Waals surface area contributed by atoms with Gasteiger partial charge in [0.05, 0.1) is 11.0 Å². The van der Waals surface area contributed by atoms with E-state index in [4.69, 9.17) is 5.73 Å². The number of carbonyl (C=O) groups is 2. The predicted molar refractivity (Wildman–Crippen MR) is 118 cm³/mol. The second-order valence-electron chi connectivity index (χ2n) is 11.0. The van der Waals surface area contributed by atoms with Crippen molar-refractivity contribution in [2.75, 3.05) is 6.54 Å². The van der Waals surface area contributed by atoms with E-state index in [-0.39, 0.29) is 30.1 Å². The Kier molecular flexibility index (Phi) is 5.76. The van der Waals surface area contributed by atoms with Gasteiger partial charge in [-0.2, -0.15) is 4.31 Å². The molecule has 5 rings (SSSR count). The number of hydrogen-bond donors (Lipinski definition) is 1. The summed E-state index contributed by atoms with van der Waals surface area (Å²) in [5.74, 6) is -2.32. The summed E-state index contributed by atoms with van der Waals surface area (Å²) in [4.78, 5) is 25.0. The summed E-state index contributed by atoms with van der Waals surface area (Å²) in [5, 5.41) is 0. The molecule has 2 N–H and O–H groups in total. The molecule has 0 saturated heterocycles. The van der Waals surface area contributed by atoms with Crippen LogP contribution in [0.5, 0.6) is 0 Å². The monoisotopic (exact) mass is 482 g/mol. The fourth-order valence-corrected chi connectivity index (χ4v) is 9.24. The number of halogens is 2. The second-order valence-corrected chi connectivity index (χ2v) is 12.8. The first-order valence-corrected chi connectivity index (χ1v) is 13.0. The molecule has 4 aliphatic carbocycles. The Morgan fingerprint density at radius 2 is 1.67 bits per heavy atom. The highest BCUT2D eigenvalue weighted by Crippen LogP contribution is 2.66. The molecular weight excluding hydrogens is 450 g/mol. The molecule has 0 spiro atoms. The van der Waals surface area contributed by atoms with Crippen LogP contribution in [0.3, 0.4) is 0 Å². The van der Waals surface area contributed by atoms with E-state index < -0.39 is 37.5 Å². The van der Waals surface area contributed by atoms with Crippen LogP contribution in [-0.4, -0.2) is 36.5 Å². The molecule has 1 aromatic rings. The highest BCUT2D eigenvalue weighted by molar-refractivity contribution is 7.89. The molecule has 4 saturated carbocycles. The molecule has 0 aromatic heterocycles. The van der Waals surface area contributed by atoms with E-state index in [0.29, 0.717) is 18.3 Å². The standard InChI is InChI=1S/C24H32F2N2O4S/c1-4-28(33(31,32)20-17(25)6-5-7-18(20)26)22(2,3)19(29)13-23-9-15-8-16(10-23)12-24(11-15,14-23)21(27)30/h5-7,15-16H,4,8-14H2,1-3H3,(H2,27,30). The number of benzene rings is 1. The molecule has 0 aliphatic heterocycles. The molecule has 0 heterocycles. The highest BCUT2D eigenvalue weighted by Gasteiger charge is 2.61. The van der Waals surface area contributed by atoms with Gasteiger partial charge in [0.2, 0.25) is 15.9 Å². The lowest BCUT2D eigenvalue weighted by molar-refractivity contribution is -0.159. The zero-order valence-electron chi connectivity index (χ0n) is 19.4. The third kappa shape index (κ3) is 3.81. The van der Waals surface area contributed by atoms with Crippen LogP contribution in [0.4, 0.5) is 8.78 Å². The van der Waals surface area contributed by atoms with Gasteiger partial charge in [-0.25, -0.2) is 17.2 Å². The van der Waals surface area contributed by atoms with Gasteiger partial charge in [-0.3, -0.25) is 9.59 Å². The Bertz CT molecular complexity index is 1070. The maximum atomic E-state index is 14.4. The largest absolute Gasteiger partial charge is 0.369 e. The first kappa shape index (κ1) is 24.3. The minimum Gasteiger partial charge on any atom is -0.369 e. The third-order valence-corrected chi connectivity index (χ3v) is 10.5. The number of amides is 1. The lowest BCUT2D eigenvalue weighted by Crippen LogP contribution is -2.59. The van der Waals surface area contributed by atoms with Gasteiger partial charge < -0.3 is 5.73 Å². The number of rotatable bonds is 8. The molecule has 1 aromatic carbocycles. The van der Waals surface area contributed by atoms with Crippen molar-refractivity contribution < 1.29 is 26.8 Å². The van der Waals surface area contributed by atoms with Gasteiger partial charge >= 0.3 is 0 Å². The first-order valence-electron chi connectivity index (χ1n) is 11.6. The molecule has 2 unspecified atom stereocenters. The zero-order chi connectivity index (χ0) is 24.4. The first-order chi connectivity index (χ1) is 15.3. The number of nitrogens with zero attached hydrogens (tertiary/aromatic N) is 1. The molecule has 33 heavy (non-hydrogen) atoms. The summed E-state index contributed by atoms with van der Waals surface area (Å²) < 4.78 is 56.2. The Morgan fingerprint density at radius 3 is 2.15 bits per heavy atom. The van der Waals surface area contributed by atoms with Crippen LogP contribution in [0.2, 0.25) is 0 Å². The summed E-state index contributed by atoms with van der Waals surface area (Å²) >= 11 is 0. The molecule has 9 heteroatoms. The van der Waals surface area contributed by atoms with E-state index in [1.807, 2.05) is 0 Å². The Hall–Kier alpha value is -1.87. The van der Waals surface area contributed by atoms with Gasteiger partial charge in [-0.15, -0.1) is 0 Å². The molecule has 4 fully saturated rings. The number of hydrogen-bond acceptors (Lipinski definition) is 4. The van der Waals surface area contributed by atoms with E-state index in [1.165, 1.54) is 20.8 Å². The van der Waals surface area contributed by atoms with Gasteiger partial charge in [0.15, 0.2) is 10.7 Å². The summed E-state index contributed by atoms with van der Waals surface area (Å²) in [6, 6.07) is 2.87. The quantitative estimate of drug-likeness (QED) is 0.610. The van der Waals surface area contributed by atoms with Crippen LogP contribution in [0.1, 0.15) is 65.7 Å². The number of likely N-dealkylation sites (N-methyl/N-ethyl adjacent to an activating group) is 1. The molecule has 4 bridgehead atoms. The average Bonchev–Trinajstić information content (AvgIpc) is 2.66. The van der Waals surface area contributed by atoms with Crippen LogP contribution < -0.4 is 5.73 Å². The Balaban J connectivity index is 1.64. The Morgan fingerprint density at radius 1 is 1.12 bits per heavy atom. The van der Waals surface area contributed by atoms with E-state index in [0.717, 1.165) is 54.6 Å². The maximum absolute atomic E-state index is 14.4. The summed E-state index contributed by atoms with van der Waals surface area (Å²) in [5.41, 5.74) is 3.31. The maximum Gasteiger partial charge on any atom is 0.249 e. The Labute approximate surface area is 193 Å². The van der Waals surface area contributed by atoms with Crippen LogP contribution in [0.15, 0.2) is 23.1 Å². The van der Waals surface area contributed by atoms with Gasteiger partial charge in [-0.1, -0.05) is 13.0 Å². The van der Waals surface area contributed by atoms with Gasteiger partial charge in [0, 0.05) is 13.0 Å². The van der Waals surface area contributed by atoms with Crippen molar-refractivity contribution in [3.63, 3.8) is 0 Å². The highest BCUT2D eigenvalue weighted by atomic mass is 32.2. The normalized spacial score (nSPS) is 31.2. The molecule has 2 atom stereocenters. The van der Waals surface area contributed by atoms with Crippen LogP contribution in [-0.2, 0) is 19.6 Å². The predicted octanol–water partition coefficient (Wildman–Crippen LogP) is 3.79. The van der Waals surface area contributed by atoms with Crippen molar-refractivity contribution >= 4 is 21.7 Å². The number of ketones is 1. The van der Waals surface area contributed by atoms with E-state index >= 15 is 0 Å². The van der Waals surface area contributed by atoms with Gasteiger partial charge in [0.1, 0.15) is 11.6 Å². The van der Waals surface area contributed by atoms with Crippen molar-refractivity contribution in [2.24, 2.45) is 28.4 Å². The number of carbonyl (C=O) groups excluding carboxylic acids is 2. The topological polar surface area (TPSA) is 97.5 Å². The molecular formula is C24H32F2N2O4S. The molecule has 4 aliphatic rings. The number of sulfonamides is 1. The van der Waals surface area contributed by atoms with Crippen LogP contribution >= 0.6 is 0 Å². The molecule has 0 radical (unpaired) electrons. The van der Waals surface area contributed by atoms with Crippen LogP contribution in [0, 0.1) is 34.3 Å². The van der Waals surface area contributed by atoms with Crippen molar-refractivity contribution in [1.82, 2.24) is 4.31 Å². The lowest BCUT2D eigenvalue weighted by Gasteiger charge is -2.61. The van der Waals surface area contributed by atoms with Gasteiger partial charge in [0.25, 0.3) is 0 Å². The fraction of sp³-hybridized carbons (Fsp3) is 0.667. The summed E-state index contributed by atoms with van der Waals surface area (Å²) in [6.07, 6.45) is 4.87. The fourth-order valence-electron chi connectivity index (χ4n) is 7.35. The van der Waals surface area contributed by atoms with E-state index in [9.17, 15) is 26.8 Å². The zero-order valence-corrected chi connectivity index (χ0v) is 20.2. The SMILES string of the molecule is CCN(C(C)(C)C(=O)CC12CC3CC(C1)CC(C(N)=O)(C3)C2)S(=O)(=O)c1c(F)cccc1F. The number of primary amides is 1. The van der Waals surface area contributed by atoms with Crippen molar-refractivity contribution in [2.45, 2.75) is 76.2 Å². The summed E-state index contributed by atoms with van der Waals surface area (Å²) in [6.45, 7) is 4.38. The van der Waals surface area contributed by atoms with E-state index in [2.05, 4.69) is 0 Å². The van der Waals surface area contributed by atoms with E-state index in [1.54, 1.807) is 0 Å².